The van der Waals surface area contributed by atoms with E-state index < -0.39 is 39.6 Å². The molecule has 1 saturated carbocycles. The van der Waals surface area contributed by atoms with Crippen molar-refractivity contribution in [3.05, 3.63) is 99.8 Å². The van der Waals surface area contributed by atoms with Gasteiger partial charge < -0.3 is 10.6 Å². The van der Waals surface area contributed by atoms with E-state index in [-0.39, 0.29) is 26.9 Å². The molecule has 35 heavy (non-hydrogen) atoms. The fourth-order valence-electron chi connectivity index (χ4n) is 3.74. The Morgan fingerprint density at radius 1 is 0.857 bits per heavy atom. The second-order valence-corrected chi connectivity index (χ2v) is 10.2. The topological polar surface area (TPSA) is 58.2 Å². The van der Waals surface area contributed by atoms with Gasteiger partial charge in [0.15, 0.2) is 0 Å². The monoisotopic (exact) mass is 554 g/mol. The second kappa shape index (κ2) is 9.78. The molecule has 2 N–H and O–H groups in total. The lowest BCUT2D eigenvalue weighted by molar-refractivity contribution is -0.117. The van der Waals surface area contributed by atoms with E-state index >= 15 is 0 Å². The van der Waals surface area contributed by atoms with Gasteiger partial charge in [-0.15, -0.1) is 23.2 Å². The van der Waals surface area contributed by atoms with Crippen molar-refractivity contribution >= 4 is 75.4 Å². The Labute approximate surface area is 219 Å². The van der Waals surface area contributed by atoms with Crippen molar-refractivity contribution in [2.24, 2.45) is 5.92 Å². The molecular weight excluding hydrogens is 540 g/mol. The number of carbonyl (C=O) groups excluding carboxylic acids is 2. The summed E-state index contributed by atoms with van der Waals surface area (Å²) in [5, 5.41) is 5.62. The minimum Gasteiger partial charge on any atom is -0.326 e. The molecule has 3 aromatic rings. The smallest absolute Gasteiger partial charge is 0.257 e. The Balaban J connectivity index is 1.51. The zero-order chi connectivity index (χ0) is 25.5. The number of nitrogens with one attached hydrogen (secondary N) is 2. The van der Waals surface area contributed by atoms with Crippen molar-refractivity contribution in [2.45, 2.75) is 10.3 Å². The number of alkyl halides is 2. The van der Waals surface area contributed by atoms with Crippen LogP contribution in [0.15, 0.2) is 67.2 Å². The quantitative estimate of drug-likeness (QED) is 0.304. The molecule has 0 saturated heterocycles. The molecule has 0 aliphatic heterocycles. The minimum absolute atomic E-state index is 0.0907. The summed E-state index contributed by atoms with van der Waals surface area (Å²) in [5.41, 5.74) is 1.37. The van der Waals surface area contributed by atoms with E-state index in [1.54, 1.807) is 6.07 Å². The summed E-state index contributed by atoms with van der Waals surface area (Å²) in [6.07, 6.45) is 0. The summed E-state index contributed by atoms with van der Waals surface area (Å²) in [6, 6.07) is 14.1. The Hall–Kier alpha value is -2.64. The zero-order valence-corrected chi connectivity index (χ0v) is 20.7. The number of benzene rings is 3. The first-order chi connectivity index (χ1) is 16.5. The van der Waals surface area contributed by atoms with E-state index in [4.69, 9.17) is 46.4 Å². The van der Waals surface area contributed by atoms with Gasteiger partial charge in [0.1, 0.15) is 16.0 Å². The SMILES string of the molecule is C=C(F)c1cc([C@@H]2[C@@H](C(=O)Nc3ccc(Cl)c(C(=O)Nc4ccc(F)cc4)c3)C2(Cl)Cl)ccc1Cl. The van der Waals surface area contributed by atoms with Gasteiger partial charge in [-0.1, -0.05) is 35.8 Å². The van der Waals surface area contributed by atoms with Gasteiger partial charge in [-0.25, -0.2) is 8.78 Å². The maximum Gasteiger partial charge on any atom is 0.257 e. The van der Waals surface area contributed by atoms with Gasteiger partial charge in [0.25, 0.3) is 5.91 Å². The Morgan fingerprint density at radius 2 is 1.46 bits per heavy atom. The number of anilines is 2. The Bertz CT molecular complexity index is 1350. The molecule has 0 unspecified atom stereocenters. The summed E-state index contributed by atoms with van der Waals surface area (Å²) >= 11 is 25.0. The van der Waals surface area contributed by atoms with Crippen LogP contribution in [-0.4, -0.2) is 16.1 Å². The molecule has 2 amide bonds. The van der Waals surface area contributed by atoms with Crippen LogP contribution in [0.5, 0.6) is 0 Å². The van der Waals surface area contributed by atoms with Crippen molar-refractivity contribution in [3.8, 4) is 0 Å². The van der Waals surface area contributed by atoms with Gasteiger partial charge in [-0.3, -0.25) is 9.59 Å². The van der Waals surface area contributed by atoms with E-state index in [9.17, 15) is 18.4 Å². The zero-order valence-electron chi connectivity index (χ0n) is 17.7. The molecule has 4 nitrogen and oxygen atoms in total. The van der Waals surface area contributed by atoms with E-state index in [2.05, 4.69) is 17.2 Å². The minimum atomic E-state index is -1.43. The number of carbonyl (C=O) groups is 2. The third kappa shape index (κ3) is 5.31. The molecule has 4 rings (SSSR count). The molecule has 10 heteroatoms. The normalized spacial score (nSPS) is 18.0. The first kappa shape index (κ1) is 25.5. The molecule has 1 fully saturated rings. The standard InChI is InChI=1S/C25H16Cl4F2N2O2/c1-12(30)17-10-13(2-8-19(17)26)21-22(25(21,28)29)24(35)33-16-7-9-20(27)18(11-16)23(34)32-15-5-3-14(31)4-6-15/h2-11,21-22H,1H2,(H,32,34)(H,33,35)/t21-,22+/m1/s1. The summed E-state index contributed by atoms with van der Waals surface area (Å²) in [7, 11) is 0. The largest absolute Gasteiger partial charge is 0.326 e. The van der Waals surface area contributed by atoms with E-state index in [1.165, 1.54) is 54.6 Å². The number of amides is 2. The fraction of sp³-hybridized carbons (Fsp3) is 0.120. The summed E-state index contributed by atoms with van der Waals surface area (Å²) in [6.45, 7) is 3.26. The van der Waals surface area contributed by atoms with Crippen molar-refractivity contribution in [1.82, 2.24) is 0 Å². The van der Waals surface area contributed by atoms with E-state index in [0.29, 0.717) is 11.3 Å². The lowest BCUT2D eigenvalue weighted by atomic mass is 10.0. The molecule has 0 radical (unpaired) electrons. The van der Waals surface area contributed by atoms with Gasteiger partial charge in [0.2, 0.25) is 5.91 Å². The lowest BCUT2D eigenvalue weighted by Crippen LogP contribution is -2.18. The Morgan fingerprint density at radius 3 is 2.11 bits per heavy atom. The molecule has 3 aromatic carbocycles. The van der Waals surface area contributed by atoms with Crippen LogP contribution in [0.25, 0.3) is 5.83 Å². The highest BCUT2D eigenvalue weighted by molar-refractivity contribution is 6.53. The van der Waals surface area contributed by atoms with E-state index in [0.717, 1.165) is 0 Å². The highest BCUT2D eigenvalue weighted by Gasteiger charge is 2.67. The highest BCUT2D eigenvalue weighted by atomic mass is 35.5. The predicted molar refractivity (Wildman–Crippen MR) is 137 cm³/mol. The summed E-state index contributed by atoms with van der Waals surface area (Å²) in [5.74, 6) is -3.67. The molecule has 2 atom stereocenters. The molecular formula is C25H16Cl4F2N2O2. The Kier molecular flexibility index (Phi) is 7.11. The molecule has 0 heterocycles. The van der Waals surface area contributed by atoms with Crippen LogP contribution in [0.2, 0.25) is 10.0 Å². The van der Waals surface area contributed by atoms with Gasteiger partial charge in [0, 0.05) is 22.9 Å². The highest BCUT2D eigenvalue weighted by Crippen LogP contribution is 2.65. The van der Waals surface area contributed by atoms with Gasteiger partial charge in [0.05, 0.1) is 21.5 Å². The van der Waals surface area contributed by atoms with E-state index in [1.807, 2.05) is 0 Å². The average molecular weight is 556 g/mol. The third-order valence-corrected chi connectivity index (χ3v) is 7.16. The molecule has 0 spiro atoms. The molecule has 0 bridgehead atoms. The van der Waals surface area contributed by atoms with Crippen LogP contribution in [0.4, 0.5) is 20.2 Å². The summed E-state index contributed by atoms with van der Waals surface area (Å²) < 4.78 is 25.4. The van der Waals surface area contributed by atoms with Crippen LogP contribution in [0.3, 0.4) is 0 Å². The average Bonchev–Trinajstić information content (AvgIpc) is 3.38. The van der Waals surface area contributed by atoms with Crippen molar-refractivity contribution < 1.29 is 18.4 Å². The van der Waals surface area contributed by atoms with Gasteiger partial charge >= 0.3 is 0 Å². The maximum atomic E-state index is 13.7. The summed E-state index contributed by atoms with van der Waals surface area (Å²) in [4.78, 5) is 25.6. The fourth-order valence-corrected chi connectivity index (χ4v) is 4.99. The van der Waals surface area contributed by atoms with Crippen LogP contribution in [0.1, 0.15) is 27.4 Å². The second-order valence-electron chi connectivity index (χ2n) is 7.92. The van der Waals surface area contributed by atoms with Crippen molar-refractivity contribution in [2.75, 3.05) is 10.6 Å². The van der Waals surface area contributed by atoms with Crippen LogP contribution in [0, 0.1) is 11.7 Å². The third-order valence-electron chi connectivity index (χ3n) is 5.56. The van der Waals surface area contributed by atoms with Crippen molar-refractivity contribution in [3.63, 3.8) is 0 Å². The number of hydrogen-bond acceptors (Lipinski definition) is 2. The number of hydrogen-bond donors (Lipinski definition) is 2. The van der Waals surface area contributed by atoms with Crippen LogP contribution >= 0.6 is 46.4 Å². The first-order valence-electron chi connectivity index (χ1n) is 10.2. The van der Waals surface area contributed by atoms with Gasteiger partial charge in [-0.05, 0) is 60.2 Å². The maximum absolute atomic E-state index is 13.7. The lowest BCUT2D eigenvalue weighted by Gasteiger charge is -2.10. The first-order valence-corrected chi connectivity index (χ1v) is 11.7. The predicted octanol–water partition coefficient (Wildman–Crippen LogP) is 7.85. The molecule has 0 aromatic heterocycles. The number of halogens is 6. The molecule has 1 aliphatic carbocycles. The molecule has 180 valence electrons. The number of rotatable bonds is 6. The van der Waals surface area contributed by atoms with Crippen molar-refractivity contribution in [1.29, 1.82) is 0 Å². The van der Waals surface area contributed by atoms with Crippen LogP contribution < -0.4 is 10.6 Å². The van der Waals surface area contributed by atoms with Crippen LogP contribution in [-0.2, 0) is 4.79 Å². The molecule has 1 aliphatic rings. The van der Waals surface area contributed by atoms with Gasteiger partial charge in [-0.2, -0.15) is 0 Å².